The van der Waals surface area contributed by atoms with Crippen LogP contribution >= 0.6 is 23.4 Å². The third-order valence-corrected chi connectivity index (χ3v) is 4.39. The van der Waals surface area contributed by atoms with Gasteiger partial charge in [-0.1, -0.05) is 38.3 Å². The highest BCUT2D eigenvalue weighted by Gasteiger charge is 2.04. The van der Waals surface area contributed by atoms with Crippen LogP contribution in [-0.2, 0) is 0 Å². The van der Waals surface area contributed by atoms with Gasteiger partial charge in [0, 0.05) is 22.2 Å². The summed E-state index contributed by atoms with van der Waals surface area (Å²) in [4.78, 5) is 3.92. The lowest BCUT2D eigenvalue weighted by Crippen LogP contribution is -2.28. The summed E-state index contributed by atoms with van der Waals surface area (Å²) in [5.74, 6) is 1.16. The molecule has 0 saturated carbocycles. The van der Waals surface area contributed by atoms with Crippen molar-refractivity contribution in [3.63, 3.8) is 0 Å². The van der Waals surface area contributed by atoms with Gasteiger partial charge in [-0.15, -0.1) is 11.8 Å². The molecule has 0 bridgehead atoms. The first kappa shape index (κ1) is 16.9. The molecule has 1 rings (SSSR count). The molecule has 0 radical (unpaired) electrons. The Morgan fingerprint density at radius 1 is 0.947 bits per heavy atom. The first-order chi connectivity index (χ1) is 9.26. The maximum Gasteiger partial charge on any atom is 0.0406 e. The number of hydrogen-bond acceptors (Lipinski definition) is 2. The monoisotopic (exact) mass is 299 g/mol. The number of rotatable bonds is 10. The Labute approximate surface area is 127 Å². The van der Waals surface area contributed by atoms with Crippen LogP contribution in [0.1, 0.15) is 39.5 Å². The van der Waals surface area contributed by atoms with Gasteiger partial charge >= 0.3 is 0 Å². The minimum absolute atomic E-state index is 0.817. The van der Waals surface area contributed by atoms with Crippen molar-refractivity contribution in [3.05, 3.63) is 29.3 Å². The topological polar surface area (TPSA) is 3.24 Å². The van der Waals surface area contributed by atoms with E-state index in [0.29, 0.717) is 0 Å². The molecule has 3 heteroatoms. The number of nitrogens with zero attached hydrogens (tertiary/aromatic N) is 1. The van der Waals surface area contributed by atoms with Gasteiger partial charge in [0.25, 0.3) is 0 Å². The Morgan fingerprint density at radius 2 is 1.53 bits per heavy atom. The molecule has 108 valence electrons. The largest absolute Gasteiger partial charge is 0.303 e. The minimum Gasteiger partial charge on any atom is -0.303 e. The maximum atomic E-state index is 5.89. The van der Waals surface area contributed by atoms with Crippen LogP contribution in [0.15, 0.2) is 29.2 Å². The fraction of sp³-hybridized carbons (Fsp3) is 0.625. The van der Waals surface area contributed by atoms with Gasteiger partial charge in [0.2, 0.25) is 0 Å². The van der Waals surface area contributed by atoms with Crippen LogP contribution in [0.25, 0.3) is 0 Å². The van der Waals surface area contributed by atoms with E-state index in [9.17, 15) is 0 Å². The van der Waals surface area contributed by atoms with E-state index < -0.39 is 0 Å². The number of hydrogen-bond donors (Lipinski definition) is 0. The second-order valence-corrected chi connectivity index (χ2v) is 6.46. The van der Waals surface area contributed by atoms with Gasteiger partial charge in [-0.3, -0.25) is 0 Å². The number of benzene rings is 1. The summed E-state index contributed by atoms with van der Waals surface area (Å²) in [5, 5.41) is 0.817. The lowest BCUT2D eigenvalue weighted by atomic mass is 10.2. The van der Waals surface area contributed by atoms with E-state index in [0.717, 1.165) is 10.8 Å². The van der Waals surface area contributed by atoms with Crippen LogP contribution < -0.4 is 0 Å². The molecule has 0 unspecified atom stereocenters. The van der Waals surface area contributed by atoms with E-state index in [1.807, 2.05) is 23.9 Å². The summed E-state index contributed by atoms with van der Waals surface area (Å²) < 4.78 is 0. The van der Waals surface area contributed by atoms with Gasteiger partial charge < -0.3 is 4.90 Å². The number of halogens is 1. The first-order valence-electron chi connectivity index (χ1n) is 7.37. The van der Waals surface area contributed by atoms with Crippen molar-refractivity contribution in [2.45, 2.75) is 44.4 Å². The summed E-state index contributed by atoms with van der Waals surface area (Å²) in [6.07, 6.45) is 5.20. The predicted molar refractivity (Wildman–Crippen MR) is 88.4 cm³/mol. The van der Waals surface area contributed by atoms with Gasteiger partial charge in [0.05, 0.1) is 0 Å². The Morgan fingerprint density at radius 3 is 2.05 bits per heavy atom. The Bertz CT molecular complexity index is 318. The second kappa shape index (κ2) is 10.6. The highest BCUT2D eigenvalue weighted by Crippen LogP contribution is 2.20. The number of thioether (sulfide) groups is 1. The third kappa shape index (κ3) is 7.86. The quantitative estimate of drug-likeness (QED) is 0.537. The summed E-state index contributed by atoms with van der Waals surface area (Å²) >= 11 is 7.82. The zero-order valence-corrected chi connectivity index (χ0v) is 13.8. The lowest BCUT2D eigenvalue weighted by molar-refractivity contribution is 0.281. The maximum absolute atomic E-state index is 5.89. The third-order valence-electron chi connectivity index (χ3n) is 3.15. The predicted octanol–water partition coefficient (Wildman–Crippen LogP) is 5.33. The van der Waals surface area contributed by atoms with Crippen LogP contribution in [0, 0.1) is 0 Å². The van der Waals surface area contributed by atoms with Crippen LogP contribution in [0.4, 0.5) is 0 Å². The Balaban J connectivity index is 2.27. The van der Waals surface area contributed by atoms with Crippen molar-refractivity contribution in [2.24, 2.45) is 0 Å². The number of unbranched alkanes of at least 4 members (excludes halogenated alkanes) is 2. The standard InChI is InChI=1S/C16H26ClNS/c1-3-5-11-18(12-6-4-2)13-14-19-16-9-7-15(17)8-10-16/h7-10H,3-6,11-14H2,1-2H3. The molecular formula is C16H26ClNS. The van der Waals surface area contributed by atoms with Gasteiger partial charge in [-0.05, 0) is 50.2 Å². The van der Waals surface area contributed by atoms with E-state index >= 15 is 0 Å². The average Bonchev–Trinajstić information content (AvgIpc) is 2.43. The van der Waals surface area contributed by atoms with Crippen LogP contribution in [0.3, 0.4) is 0 Å². The molecule has 0 fully saturated rings. The van der Waals surface area contributed by atoms with Crippen molar-refractivity contribution in [2.75, 3.05) is 25.4 Å². The van der Waals surface area contributed by atoms with Crippen LogP contribution in [0.5, 0.6) is 0 Å². The fourth-order valence-electron chi connectivity index (χ4n) is 1.92. The van der Waals surface area contributed by atoms with Crippen molar-refractivity contribution in [3.8, 4) is 0 Å². The molecule has 0 aliphatic rings. The van der Waals surface area contributed by atoms with E-state index in [1.165, 1.54) is 50.2 Å². The molecule has 0 aromatic heterocycles. The normalized spacial score (nSPS) is 11.2. The molecule has 19 heavy (non-hydrogen) atoms. The highest BCUT2D eigenvalue weighted by atomic mass is 35.5. The molecule has 0 amide bonds. The highest BCUT2D eigenvalue weighted by molar-refractivity contribution is 7.99. The molecule has 0 aliphatic carbocycles. The summed E-state index contributed by atoms with van der Waals surface area (Å²) in [6, 6.07) is 8.15. The van der Waals surface area contributed by atoms with Crippen LogP contribution in [-0.4, -0.2) is 30.3 Å². The van der Waals surface area contributed by atoms with Crippen molar-refractivity contribution in [1.29, 1.82) is 0 Å². The van der Waals surface area contributed by atoms with Crippen molar-refractivity contribution < 1.29 is 0 Å². The molecule has 0 spiro atoms. The Kier molecular flexibility index (Phi) is 9.40. The molecule has 1 nitrogen and oxygen atoms in total. The molecule has 1 aromatic rings. The molecule has 0 heterocycles. The van der Waals surface area contributed by atoms with E-state index in [4.69, 9.17) is 11.6 Å². The van der Waals surface area contributed by atoms with E-state index in [2.05, 4.69) is 30.9 Å². The fourth-order valence-corrected chi connectivity index (χ4v) is 2.96. The zero-order valence-electron chi connectivity index (χ0n) is 12.2. The molecular weight excluding hydrogens is 274 g/mol. The average molecular weight is 300 g/mol. The van der Waals surface area contributed by atoms with Crippen molar-refractivity contribution in [1.82, 2.24) is 4.90 Å². The Hall–Kier alpha value is -0.180. The molecule has 0 N–H and O–H groups in total. The molecule has 1 aromatic carbocycles. The smallest absolute Gasteiger partial charge is 0.0406 e. The van der Waals surface area contributed by atoms with Gasteiger partial charge in [-0.25, -0.2) is 0 Å². The summed E-state index contributed by atoms with van der Waals surface area (Å²) in [7, 11) is 0. The van der Waals surface area contributed by atoms with Gasteiger partial charge in [0.15, 0.2) is 0 Å². The zero-order chi connectivity index (χ0) is 13.9. The lowest BCUT2D eigenvalue weighted by Gasteiger charge is -2.21. The van der Waals surface area contributed by atoms with Gasteiger partial charge in [0.1, 0.15) is 0 Å². The first-order valence-corrected chi connectivity index (χ1v) is 8.73. The second-order valence-electron chi connectivity index (χ2n) is 4.85. The molecule has 0 saturated heterocycles. The minimum atomic E-state index is 0.817. The molecule has 0 atom stereocenters. The van der Waals surface area contributed by atoms with Crippen LogP contribution in [0.2, 0.25) is 5.02 Å². The summed E-state index contributed by atoms with van der Waals surface area (Å²) in [6.45, 7) is 8.21. The van der Waals surface area contributed by atoms with Crippen molar-refractivity contribution >= 4 is 23.4 Å². The van der Waals surface area contributed by atoms with Gasteiger partial charge in [-0.2, -0.15) is 0 Å². The summed E-state index contributed by atoms with van der Waals surface area (Å²) in [5.41, 5.74) is 0. The molecule has 0 aliphatic heterocycles. The van der Waals surface area contributed by atoms with E-state index in [-0.39, 0.29) is 0 Å². The SMILES string of the molecule is CCCCN(CCCC)CCSc1ccc(Cl)cc1. The van der Waals surface area contributed by atoms with E-state index in [1.54, 1.807) is 0 Å².